The molecular formula is C24H45O4P. The number of carboxylic acid groups (broad SMARTS) is 1. The molecule has 0 aliphatic heterocycles. The molecule has 0 amide bonds. The lowest BCUT2D eigenvalue weighted by Gasteiger charge is -2.37. The molecule has 0 saturated heterocycles. The van der Waals surface area contributed by atoms with Crippen LogP contribution in [0, 0.1) is 11.8 Å². The van der Waals surface area contributed by atoms with Gasteiger partial charge < -0.3 is 14.6 Å². The summed E-state index contributed by atoms with van der Waals surface area (Å²) in [5.41, 5.74) is 0. The van der Waals surface area contributed by atoms with Crippen LogP contribution in [0.4, 0.5) is 0 Å². The Morgan fingerprint density at radius 1 is 0.862 bits per heavy atom. The number of hydrogen-bond acceptors (Lipinski definition) is 4. The molecule has 29 heavy (non-hydrogen) atoms. The zero-order valence-electron chi connectivity index (χ0n) is 19.4. The van der Waals surface area contributed by atoms with E-state index in [0.29, 0.717) is 12.8 Å². The van der Waals surface area contributed by atoms with Crippen LogP contribution in [0.15, 0.2) is 0 Å². The van der Waals surface area contributed by atoms with Crippen LogP contribution in [-0.4, -0.2) is 36.3 Å². The summed E-state index contributed by atoms with van der Waals surface area (Å²) in [5, 5.41) is 11.6. The van der Waals surface area contributed by atoms with Gasteiger partial charge in [0.25, 0.3) is 0 Å². The molecular weight excluding hydrogens is 383 g/mol. The molecule has 1 saturated carbocycles. The first-order chi connectivity index (χ1) is 14.0. The molecule has 0 aromatic rings. The Morgan fingerprint density at radius 3 is 1.76 bits per heavy atom. The molecule has 0 aromatic carbocycles. The van der Waals surface area contributed by atoms with E-state index >= 15 is 0 Å². The normalized spacial score (nSPS) is 21.0. The number of hydrogen-bond donors (Lipinski definition) is 0. The summed E-state index contributed by atoms with van der Waals surface area (Å²) in [6.45, 7) is 8.88. The molecule has 3 atom stereocenters. The fourth-order valence-electron chi connectivity index (χ4n) is 4.79. The predicted octanol–water partition coefficient (Wildman–Crippen LogP) is 5.63. The number of aliphatic carboxylic acids is 1. The van der Waals surface area contributed by atoms with Gasteiger partial charge in [-0.2, -0.15) is 0 Å². The van der Waals surface area contributed by atoms with Crippen molar-refractivity contribution in [2.24, 2.45) is 11.8 Å². The van der Waals surface area contributed by atoms with Crippen molar-refractivity contribution in [2.75, 3.05) is 18.5 Å². The molecule has 1 fully saturated rings. The van der Waals surface area contributed by atoms with Crippen LogP contribution in [0.25, 0.3) is 0 Å². The molecule has 5 heteroatoms. The molecule has 170 valence electrons. The van der Waals surface area contributed by atoms with Crippen LogP contribution < -0.4 is 5.11 Å². The summed E-state index contributed by atoms with van der Waals surface area (Å²) < 4.78 is 6.29. The Hall–Kier alpha value is -0.630. The smallest absolute Gasteiger partial charge is 0.312 e. The quantitative estimate of drug-likeness (QED) is 0.250. The number of unbranched alkanes of at least 4 members (excludes halogenated alkanes) is 3. The second-order valence-corrected chi connectivity index (χ2v) is 13.3. The van der Waals surface area contributed by atoms with E-state index in [1.54, 1.807) is 0 Å². The zero-order valence-corrected chi connectivity index (χ0v) is 20.3. The lowest BCUT2D eigenvalue weighted by molar-refractivity contribution is -0.314. The maximum atomic E-state index is 13.2. The predicted molar refractivity (Wildman–Crippen MR) is 121 cm³/mol. The van der Waals surface area contributed by atoms with Crippen LogP contribution in [0.3, 0.4) is 0 Å². The number of carbonyl (C=O) groups is 2. The van der Waals surface area contributed by atoms with Gasteiger partial charge in [0.15, 0.2) is 0 Å². The average molecular weight is 429 g/mol. The summed E-state index contributed by atoms with van der Waals surface area (Å²) in [6.07, 6.45) is 15.6. The minimum Gasteiger partial charge on any atom is -0.550 e. The van der Waals surface area contributed by atoms with Gasteiger partial charge in [0.2, 0.25) is 5.85 Å². The van der Waals surface area contributed by atoms with E-state index in [1.165, 1.54) is 57.0 Å². The average Bonchev–Trinajstić information content (AvgIpc) is 2.73. The van der Waals surface area contributed by atoms with Crippen LogP contribution >= 0.6 is 7.26 Å². The number of ether oxygens (including phenoxy) is 1. The zero-order chi connectivity index (χ0) is 21.7. The van der Waals surface area contributed by atoms with Gasteiger partial charge in [0, 0.05) is 18.3 Å². The highest BCUT2D eigenvalue weighted by molar-refractivity contribution is 7.76. The highest BCUT2D eigenvalue weighted by Gasteiger charge is 2.47. The van der Waals surface area contributed by atoms with Crippen molar-refractivity contribution in [2.45, 2.75) is 111 Å². The molecule has 0 aromatic heterocycles. The summed E-state index contributed by atoms with van der Waals surface area (Å²) in [6, 6.07) is 0. The molecule has 3 unspecified atom stereocenters. The van der Waals surface area contributed by atoms with E-state index in [1.807, 2.05) is 0 Å². The first kappa shape index (κ1) is 26.4. The molecule has 1 aliphatic rings. The lowest BCUT2D eigenvalue weighted by Crippen LogP contribution is -2.42. The van der Waals surface area contributed by atoms with E-state index in [2.05, 4.69) is 27.7 Å². The van der Waals surface area contributed by atoms with Crippen molar-refractivity contribution in [3.8, 4) is 0 Å². The fourth-order valence-corrected chi connectivity index (χ4v) is 10.3. The van der Waals surface area contributed by atoms with Gasteiger partial charge in [0.1, 0.15) is 0 Å². The van der Waals surface area contributed by atoms with Gasteiger partial charge in [-0.1, -0.05) is 59.8 Å². The molecule has 0 N–H and O–H groups in total. The fraction of sp³-hybridized carbons (Fsp3) is 0.917. The summed E-state index contributed by atoms with van der Waals surface area (Å²) in [4.78, 5) is 24.8. The first-order valence-corrected chi connectivity index (χ1v) is 14.6. The van der Waals surface area contributed by atoms with Crippen LogP contribution in [-0.2, 0) is 14.3 Å². The van der Waals surface area contributed by atoms with Crippen molar-refractivity contribution >= 4 is 19.2 Å². The first-order valence-electron chi connectivity index (χ1n) is 12.2. The maximum Gasteiger partial charge on any atom is 0.312 e. The molecule has 0 spiro atoms. The molecule has 1 rings (SSSR count). The number of carboxylic acids is 1. The number of esters is 1. The Morgan fingerprint density at radius 2 is 1.34 bits per heavy atom. The molecule has 1 aliphatic carbocycles. The van der Waals surface area contributed by atoms with Gasteiger partial charge in [-0.25, -0.2) is 0 Å². The van der Waals surface area contributed by atoms with E-state index < -0.39 is 25.1 Å². The Labute approximate surface area is 179 Å². The molecule has 4 nitrogen and oxygen atoms in total. The third kappa shape index (κ3) is 8.19. The Balaban J connectivity index is 3.09. The van der Waals surface area contributed by atoms with Crippen molar-refractivity contribution in [3.63, 3.8) is 0 Å². The third-order valence-electron chi connectivity index (χ3n) is 6.64. The van der Waals surface area contributed by atoms with Gasteiger partial charge in [0.05, 0.1) is 31.7 Å². The van der Waals surface area contributed by atoms with E-state index in [-0.39, 0.29) is 11.8 Å². The molecule has 0 heterocycles. The standard InChI is InChI=1S/C24H45O4P/c1-5-9-17-29(18-10-6-2,19-11-7-3)22(14-8-4)28-24(27)21-16-13-12-15-20(21)23(25)26/h20-22H,5-19H2,1-4H3. The van der Waals surface area contributed by atoms with Crippen molar-refractivity contribution < 1.29 is 19.4 Å². The summed E-state index contributed by atoms with van der Waals surface area (Å²) in [5.74, 6) is -2.52. The minimum absolute atomic E-state index is 0.00832. The van der Waals surface area contributed by atoms with Gasteiger partial charge >= 0.3 is 5.97 Å². The second kappa shape index (κ2) is 14.4. The SMILES string of the molecule is CCCC[P+](CCCC)(CCCC)C(CCC)OC(=O)C1CCCCC1C(=O)[O-]. The van der Waals surface area contributed by atoms with E-state index in [4.69, 9.17) is 4.74 Å². The summed E-state index contributed by atoms with van der Waals surface area (Å²) in [7, 11) is -1.43. The van der Waals surface area contributed by atoms with Crippen molar-refractivity contribution in [3.05, 3.63) is 0 Å². The maximum absolute atomic E-state index is 13.2. The number of rotatable bonds is 15. The largest absolute Gasteiger partial charge is 0.550 e. The van der Waals surface area contributed by atoms with Crippen molar-refractivity contribution in [1.82, 2.24) is 0 Å². The second-order valence-electron chi connectivity index (χ2n) is 8.95. The summed E-state index contributed by atoms with van der Waals surface area (Å²) >= 11 is 0. The van der Waals surface area contributed by atoms with E-state index in [0.717, 1.165) is 25.7 Å². The lowest BCUT2D eigenvalue weighted by atomic mass is 9.79. The third-order valence-corrected chi connectivity index (χ3v) is 11.8. The monoisotopic (exact) mass is 428 g/mol. The highest BCUT2D eigenvalue weighted by atomic mass is 31.2. The Bertz CT molecular complexity index is 458. The Kier molecular flexibility index (Phi) is 13.1. The van der Waals surface area contributed by atoms with Crippen LogP contribution in [0.1, 0.15) is 105 Å². The highest BCUT2D eigenvalue weighted by Crippen LogP contribution is 2.66. The van der Waals surface area contributed by atoms with Gasteiger partial charge in [-0.3, -0.25) is 4.79 Å². The van der Waals surface area contributed by atoms with Crippen LogP contribution in [0.2, 0.25) is 0 Å². The topological polar surface area (TPSA) is 66.4 Å². The van der Waals surface area contributed by atoms with Crippen molar-refractivity contribution in [1.29, 1.82) is 0 Å². The minimum atomic E-state index is -1.43. The van der Waals surface area contributed by atoms with Crippen LogP contribution in [0.5, 0.6) is 0 Å². The van der Waals surface area contributed by atoms with E-state index in [9.17, 15) is 14.7 Å². The van der Waals surface area contributed by atoms with Gasteiger partial charge in [-0.05, 0) is 38.5 Å². The van der Waals surface area contributed by atoms with Gasteiger partial charge in [-0.15, -0.1) is 0 Å². The number of carbonyl (C=O) groups excluding carboxylic acids is 2. The molecule has 0 radical (unpaired) electrons. The molecule has 0 bridgehead atoms.